The van der Waals surface area contributed by atoms with Gasteiger partial charge >= 0.3 is 0 Å². The number of hydrazone groups is 1. The summed E-state index contributed by atoms with van der Waals surface area (Å²) in [7, 11) is 0. The number of halogens is 1. The summed E-state index contributed by atoms with van der Waals surface area (Å²) in [6.45, 7) is 3.73. The smallest absolute Gasteiger partial charge is 0.271 e. The topological polar surface area (TPSA) is 79.8 Å². The fourth-order valence-corrected chi connectivity index (χ4v) is 2.12. The van der Waals surface area contributed by atoms with E-state index in [4.69, 9.17) is 16.3 Å². The molecule has 7 heteroatoms. The summed E-state index contributed by atoms with van der Waals surface area (Å²) in [5.74, 6) is 0.0795. The predicted molar refractivity (Wildman–Crippen MR) is 102 cm³/mol. The number of hydrogen-bond donors (Lipinski definition) is 2. The number of carbonyl (C=O) groups is 2. The van der Waals surface area contributed by atoms with Crippen LogP contribution >= 0.6 is 11.6 Å². The van der Waals surface area contributed by atoms with Gasteiger partial charge in [-0.1, -0.05) is 11.6 Å². The van der Waals surface area contributed by atoms with Crippen molar-refractivity contribution < 1.29 is 14.3 Å². The fourth-order valence-electron chi connectivity index (χ4n) is 1.99. The highest BCUT2D eigenvalue weighted by molar-refractivity contribution is 6.30. The van der Waals surface area contributed by atoms with E-state index in [9.17, 15) is 9.59 Å². The quantitative estimate of drug-likeness (QED) is 0.578. The van der Waals surface area contributed by atoms with Crippen molar-refractivity contribution >= 4 is 29.6 Å². The van der Waals surface area contributed by atoms with Crippen molar-refractivity contribution in [1.29, 1.82) is 0 Å². The Morgan fingerprint density at radius 2 is 1.77 bits per heavy atom. The lowest BCUT2D eigenvalue weighted by molar-refractivity contribution is -0.123. The molecule has 2 amide bonds. The molecule has 2 N–H and O–H groups in total. The molecular formula is C19H20ClN3O3. The molecule has 2 aromatic carbocycles. The molecule has 0 aliphatic carbocycles. The highest BCUT2D eigenvalue weighted by Crippen LogP contribution is 2.11. The maximum absolute atomic E-state index is 11.9. The minimum absolute atomic E-state index is 0.0389. The number of ether oxygens (including phenoxy) is 1. The molecule has 0 aliphatic rings. The van der Waals surface area contributed by atoms with Gasteiger partial charge < -0.3 is 10.1 Å². The molecule has 0 saturated carbocycles. The molecule has 0 bridgehead atoms. The molecule has 0 unspecified atom stereocenters. The maximum atomic E-state index is 11.9. The molecule has 136 valence electrons. The molecule has 0 radical (unpaired) electrons. The zero-order chi connectivity index (χ0) is 18.9. The van der Waals surface area contributed by atoms with Gasteiger partial charge in [0.2, 0.25) is 0 Å². The Hall–Kier alpha value is -2.86. The van der Waals surface area contributed by atoms with Gasteiger partial charge in [0, 0.05) is 16.6 Å². The van der Waals surface area contributed by atoms with Gasteiger partial charge in [0.1, 0.15) is 5.75 Å². The summed E-state index contributed by atoms with van der Waals surface area (Å²) in [4.78, 5) is 23.4. The molecule has 0 spiro atoms. The van der Waals surface area contributed by atoms with Gasteiger partial charge in [-0.2, -0.15) is 5.10 Å². The number of nitrogens with one attached hydrogen (secondary N) is 2. The first-order valence-corrected chi connectivity index (χ1v) is 8.43. The number of hydrogen-bond acceptors (Lipinski definition) is 4. The molecule has 2 rings (SSSR count). The predicted octanol–water partition coefficient (Wildman–Crippen LogP) is 3.01. The summed E-state index contributed by atoms with van der Waals surface area (Å²) in [6.07, 6.45) is 1.52. The van der Waals surface area contributed by atoms with Crippen LogP contribution < -0.4 is 15.5 Å². The lowest BCUT2D eigenvalue weighted by atomic mass is 10.2. The molecule has 0 saturated heterocycles. The standard InChI is InChI=1S/C19H20ClN3O3/c1-13(2)22-18(24)12-26-17-9-3-14(4-10-17)11-21-23-19(25)15-5-7-16(20)8-6-15/h3-11,13H,12H2,1-2H3,(H,22,24)(H,23,25)/b21-11+. The van der Waals surface area contributed by atoms with Gasteiger partial charge in [-0.15, -0.1) is 0 Å². The molecule has 0 heterocycles. The molecule has 26 heavy (non-hydrogen) atoms. The van der Waals surface area contributed by atoms with E-state index >= 15 is 0 Å². The van der Waals surface area contributed by atoms with Crippen LogP contribution in [0.1, 0.15) is 29.8 Å². The van der Waals surface area contributed by atoms with Crippen molar-refractivity contribution in [3.63, 3.8) is 0 Å². The Balaban J connectivity index is 1.82. The van der Waals surface area contributed by atoms with E-state index in [1.54, 1.807) is 48.5 Å². The first kappa shape index (κ1) is 19.5. The van der Waals surface area contributed by atoms with Crippen molar-refractivity contribution in [2.24, 2.45) is 5.10 Å². The number of benzene rings is 2. The van der Waals surface area contributed by atoms with E-state index in [0.29, 0.717) is 16.3 Å². The van der Waals surface area contributed by atoms with E-state index in [1.165, 1.54) is 6.21 Å². The number of rotatable bonds is 7. The maximum Gasteiger partial charge on any atom is 0.271 e. The van der Waals surface area contributed by atoms with Crippen molar-refractivity contribution in [2.75, 3.05) is 6.61 Å². The number of carbonyl (C=O) groups excluding carboxylic acids is 2. The lowest BCUT2D eigenvalue weighted by Crippen LogP contribution is -2.34. The third-order valence-electron chi connectivity index (χ3n) is 3.19. The zero-order valence-electron chi connectivity index (χ0n) is 14.5. The van der Waals surface area contributed by atoms with Gasteiger partial charge in [0.15, 0.2) is 6.61 Å². The number of amides is 2. The van der Waals surface area contributed by atoms with E-state index in [2.05, 4.69) is 15.8 Å². The second-order valence-corrected chi connectivity index (χ2v) is 6.22. The normalized spacial score (nSPS) is 10.8. The number of nitrogens with zero attached hydrogens (tertiary/aromatic N) is 1. The summed E-state index contributed by atoms with van der Waals surface area (Å²) in [5, 5.41) is 7.23. The third kappa shape index (κ3) is 6.57. The fraction of sp³-hybridized carbons (Fsp3) is 0.211. The Morgan fingerprint density at radius 3 is 2.38 bits per heavy atom. The molecule has 6 nitrogen and oxygen atoms in total. The van der Waals surface area contributed by atoms with Crippen LogP contribution in [0.4, 0.5) is 0 Å². The Kier molecular flexibility index (Phi) is 7.17. The second kappa shape index (κ2) is 9.58. The van der Waals surface area contributed by atoms with Crippen molar-refractivity contribution in [2.45, 2.75) is 19.9 Å². The van der Waals surface area contributed by atoms with Gasteiger partial charge in [0.25, 0.3) is 11.8 Å². The van der Waals surface area contributed by atoms with Crippen LogP contribution in [0, 0.1) is 0 Å². The van der Waals surface area contributed by atoms with Gasteiger partial charge in [-0.25, -0.2) is 5.43 Å². The first-order chi connectivity index (χ1) is 12.4. The van der Waals surface area contributed by atoms with Crippen molar-refractivity contribution in [3.8, 4) is 5.75 Å². The summed E-state index contributed by atoms with van der Waals surface area (Å²) in [5.41, 5.74) is 3.69. The monoisotopic (exact) mass is 373 g/mol. The molecular weight excluding hydrogens is 354 g/mol. The summed E-state index contributed by atoms with van der Waals surface area (Å²) in [6, 6.07) is 13.6. The molecule has 0 aliphatic heterocycles. The third-order valence-corrected chi connectivity index (χ3v) is 3.44. The van der Waals surface area contributed by atoms with Gasteiger partial charge in [-0.3, -0.25) is 9.59 Å². The molecule has 0 atom stereocenters. The van der Waals surface area contributed by atoms with Crippen molar-refractivity contribution in [1.82, 2.24) is 10.7 Å². The van der Waals surface area contributed by atoms with Crippen LogP contribution in [0.25, 0.3) is 0 Å². The van der Waals surface area contributed by atoms with Crippen LogP contribution in [-0.2, 0) is 4.79 Å². The second-order valence-electron chi connectivity index (χ2n) is 5.79. The SMILES string of the molecule is CC(C)NC(=O)COc1ccc(/C=N/NC(=O)c2ccc(Cl)cc2)cc1. The minimum Gasteiger partial charge on any atom is -0.484 e. The van der Waals surface area contributed by atoms with Crippen molar-refractivity contribution in [3.05, 3.63) is 64.7 Å². The average Bonchev–Trinajstić information content (AvgIpc) is 2.61. The zero-order valence-corrected chi connectivity index (χ0v) is 15.3. The molecule has 0 fully saturated rings. The molecule has 0 aromatic heterocycles. The first-order valence-electron chi connectivity index (χ1n) is 8.05. The van der Waals surface area contributed by atoms with Crippen LogP contribution in [-0.4, -0.2) is 30.7 Å². The van der Waals surface area contributed by atoms with E-state index < -0.39 is 0 Å². The van der Waals surface area contributed by atoms with Crippen LogP contribution in [0.15, 0.2) is 53.6 Å². The largest absolute Gasteiger partial charge is 0.484 e. The highest BCUT2D eigenvalue weighted by atomic mass is 35.5. The summed E-state index contributed by atoms with van der Waals surface area (Å²) >= 11 is 5.78. The van der Waals surface area contributed by atoms with Crippen LogP contribution in [0.2, 0.25) is 5.02 Å². The van der Waals surface area contributed by atoms with E-state index in [1.807, 2.05) is 13.8 Å². The van der Waals surface area contributed by atoms with E-state index in [0.717, 1.165) is 5.56 Å². The summed E-state index contributed by atoms with van der Waals surface area (Å²) < 4.78 is 5.40. The minimum atomic E-state index is -0.325. The molecule has 2 aromatic rings. The Morgan fingerprint density at radius 1 is 1.12 bits per heavy atom. The lowest BCUT2D eigenvalue weighted by Gasteiger charge is -2.09. The van der Waals surface area contributed by atoms with E-state index in [-0.39, 0.29) is 24.5 Å². The Labute approximate surface area is 157 Å². The van der Waals surface area contributed by atoms with Gasteiger partial charge in [-0.05, 0) is 67.9 Å². The van der Waals surface area contributed by atoms with Gasteiger partial charge in [0.05, 0.1) is 6.21 Å². The average molecular weight is 374 g/mol. The van der Waals surface area contributed by atoms with Crippen LogP contribution in [0.3, 0.4) is 0 Å². The Bertz CT molecular complexity index is 772. The van der Waals surface area contributed by atoms with Crippen LogP contribution in [0.5, 0.6) is 5.75 Å². The highest BCUT2D eigenvalue weighted by Gasteiger charge is 2.05.